The molecule has 0 radical (unpaired) electrons. The molecule has 2 N–H and O–H groups in total. The van der Waals surface area contributed by atoms with Gasteiger partial charge in [-0.1, -0.05) is 29.7 Å². The number of benzene rings is 2. The van der Waals surface area contributed by atoms with Crippen LogP contribution in [0.2, 0.25) is 0 Å². The fourth-order valence-electron chi connectivity index (χ4n) is 8.46. The summed E-state index contributed by atoms with van der Waals surface area (Å²) in [5.74, 6) is 14.8. The molecule has 76 heavy (non-hydrogen) atoms. The molecule has 5 aromatic rings. The van der Waals surface area contributed by atoms with Crippen molar-refractivity contribution in [1.29, 1.82) is 0 Å². The maximum absolute atomic E-state index is 13.8. The topological polar surface area (TPSA) is 170 Å². The summed E-state index contributed by atoms with van der Waals surface area (Å²) >= 11 is 0. The Bertz CT molecular complexity index is 2820. The molecule has 0 fully saturated rings. The van der Waals surface area contributed by atoms with Gasteiger partial charge in [0.25, 0.3) is 0 Å². The first-order chi connectivity index (χ1) is 36.5. The third kappa shape index (κ3) is 17.9. The van der Waals surface area contributed by atoms with Crippen LogP contribution in [0.1, 0.15) is 87.8 Å². The lowest BCUT2D eigenvalue weighted by molar-refractivity contribution is 0.261. The maximum Gasteiger partial charge on any atom is 0.247 e. The van der Waals surface area contributed by atoms with Crippen LogP contribution in [0.4, 0.5) is 11.4 Å². The third-order valence-corrected chi connectivity index (χ3v) is 17.8. The lowest BCUT2D eigenvalue weighted by Crippen LogP contribution is -2.37. The molecular weight excluding hydrogens is 1020 g/mol. The summed E-state index contributed by atoms with van der Waals surface area (Å²) in [6, 6.07) is 24.7. The van der Waals surface area contributed by atoms with E-state index in [9.17, 15) is 13.7 Å². The Kier molecular flexibility index (Phi) is 24.3. The van der Waals surface area contributed by atoms with Crippen LogP contribution >= 0.6 is 22.1 Å². The van der Waals surface area contributed by atoms with Gasteiger partial charge in [-0.25, -0.2) is 15.0 Å². The van der Waals surface area contributed by atoms with Gasteiger partial charge in [0.15, 0.2) is 0 Å². The van der Waals surface area contributed by atoms with Gasteiger partial charge in [0.2, 0.25) is 22.1 Å². The predicted octanol–water partition coefficient (Wildman–Crippen LogP) is 8.47. The first-order valence-corrected chi connectivity index (χ1v) is 32.4. The molecule has 0 amide bonds. The van der Waals surface area contributed by atoms with Gasteiger partial charge in [-0.05, 0) is 121 Å². The predicted molar refractivity (Wildman–Crippen MR) is 311 cm³/mol. The summed E-state index contributed by atoms with van der Waals surface area (Å²) in [5.41, 5.74) is 8.16. The number of aromatic nitrogens is 3. The van der Waals surface area contributed by atoms with Gasteiger partial charge >= 0.3 is 0 Å². The Morgan fingerprint density at radius 1 is 0.487 bits per heavy atom. The van der Waals surface area contributed by atoms with E-state index in [1.807, 2.05) is 81.4 Å². The molecule has 3 heterocycles. The van der Waals surface area contributed by atoms with E-state index in [1.165, 1.54) is 0 Å². The number of pyridine rings is 3. The zero-order chi connectivity index (χ0) is 55.3. The zero-order valence-electron chi connectivity index (χ0n) is 46.7. The fraction of sp³-hybridized carbons (Fsp3) is 0.456. The van der Waals surface area contributed by atoms with E-state index in [-0.39, 0.29) is 13.2 Å². The Balaban J connectivity index is 1.37. The number of hydrogen-bond donors (Lipinski definition) is 2. The average molecular weight is 1100 g/mol. The number of nitrogens with one attached hydrogen (secondary N) is 2. The van der Waals surface area contributed by atoms with Crippen molar-refractivity contribution in [2.24, 2.45) is 0 Å². The number of nitrogens with zero attached hydrogens (tertiary/aromatic N) is 6. The molecule has 5 rings (SSSR count). The van der Waals surface area contributed by atoms with Crippen LogP contribution in [0.3, 0.4) is 0 Å². The van der Waals surface area contributed by atoms with Gasteiger partial charge in [0, 0.05) is 114 Å². The third-order valence-electron chi connectivity index (χ3n) is 12.4. The Morgan fingerprint density at radius 2 is 0.882 bits per heavy atom. The molecular formula is C57H79N8O8P3. The number of methoxy groups -OCH3 is 2. The minimum atomic E-state index is -3.25. The first-order valence-electron chi connectivity index (χ1n) is 26.2. The maximum atomic E-state index is 13.8. The van der Waals surface area contributed by atoms with E-state index in [0.29, 0.717) is 91.2 Å². The average Bonchev–Trinajstić information content (AvgIpc) is 3.40. The molecule has 0 bridgehead atoms. The fourth-order valence-corrected chi connectivity index (χ4v) is 12.4. The van der Waals surface area contributed by atoms with Crippen LogP contribution < -0.4 is 46.2 Å². The van der Waals surface area contributed by atoms with Crippen LogP contribution in [0, 0.1) is 23.7 Å². The summed E-state index contributed by atoms with van der Waals surface area (Å²) < 4.78 is 69.4. The number of anilines is 2. The Morgan fingerprint density at radius 3 is 1.28 bits per heavy atom. The molecule has 16 nitrogen and oxygen atoms in total. The van der Waals surface area contributed by atoms with E-state index in [2.05, 4.69) is 76.7 Å². The standard InChI is InChI=1S/C57H79N8O8P3/c1-13-64(14-2)51-37-44(27-29-53(51)69-8)23-25-46-35-49(61-56(39-46)75(11,67)72-18-6)41-58-31-33-63(43-48-21-20-22-55(60-48)74(10,66)71-17-5)34-32-59-42-50-36-47(40-57(62-50)76(12,68)73-19-7)26-24-45-28-30-54(70-9)52(38-45)65(15-3)16-4/h20-22,27-30,35-40,58-59H,13-19,31-34,41-43H2,1-12H3. The van der Waals surface area contributed by atoms with E-state index >= 15 is 0 Å². The molecule has 0 aliphatic heterocycles. The van der Waals surface area contributed by atoms with Crippen LogP contribution in [-0.2, 0) is 46.9 Å². The molecule has 3 unspecified atom stereocenters. The van der Waals surface area contributed by atoms with Crippen molar-refractivity contribution in [3.8, 4) is 35.2 Å². The summed E-state index contributed by atoms with van der Waals surface area (Å²) in [7, 11) is -6.28. The minimum absolute atomic E-state index is 0.278. The van der Waals surface area contributed by atoms with Crippen molar-refractivity contribution < 1.29 is 36.7 Å². The van der Waals surface area contributed by atoms with E-state index in [4.69, 9.17) is 38.0 Å². The number of rotatable bonds is 29. The molecule has 19 heteroatoms. The molecule has 0 saturated carbocycles. The summed E-state index contributed by atoms with van der Waals surface area (Å²) in [6.45, 7) is 26.3. The second kappa shape index (κ2) is 30.0. The van der Waals surface area contributed by atoms with Crippen molar-refractivity contribution in [2.45, 2.75) is 68.1 Å². The lowest BCUT2D eigenvalue weighted by atomic mass is 10.1. The van der Waals surface area contributed by atoms with Crippen molar-refractivity contribution in [3.05, 3.63) is 118 Å². The molecule has 0 aliphatic rings. The van der Waals surface area contributed by atoms with Crippen molar-refractivity contribution >= 4 is 49.8 Å². The highest BCUT2D eigenvalue weighted by atomic mass is 31.2. The monoisotopic (exact) mass is 1100 g/mol. The van der Waals surface area contributed by atoms with E-state index in [1.54, 1.807) is 52.4 Å². The van der Waals surface area contributed by atoms with E-state index in [0.717, 1.165) is 65.9 Å². The summed E-state index contributed by atoms with van der Waals surface area (Å²) in [6.07, 6.45) is 0. The van der Waals surface area contributed by atoms with Gasteiger partial charge in [0.05, 0.1) is 62.5 Å². The molecule has 3 atom stereocenters. The van der Waals surface area contributed by atoms with Gasteiger partial charge in [-0.2, -0.15) is 0 Å². The van der Waals surface area contributed by atoms with Gasteiger partial charge in [-0.15, -0.1) is 0 Å². The quantitative estimate of drug-likeness (QED) is 0.0265. The smallest absolute Gasteiger partial charge is 0.247 e. The van der Waals surface area contributed by atoms with Gasteiger partial charge in [-0.3, -0.25) is 18.6 Å². The van der Waals surface area contributed by atoms with Crippen LogP contribution in [0.15, 0.2) is 78.9 Å². The Labute approximate surface area is 452 Å². The summed E-state index contributed by atoms with van der Waals surface area (Å²) in [4.78, 5) is 21.1. The second-order valence-electron chi connectivity index (χ2n) is 17.9. The highest BCUT2D eigenvalue weighted by molar-refractivity contribution is 7.66. The van der Waals surface area contributed by atoms with Crippen LogP contribution in [0.25, 0.3) is 0 Å². The highest BCUT2D eigenvalue weighted by Crippen LogP contribution is 2.42. The SMILES string of the molecule is CCOP(C)(=O)c1cc(C#Cc2ccc(OC)c(N(CC)CC)c2)cc(CNCCN(CCNCc2cc(C#Cc3ccc(OC)c(N(CC)CC)c3)cc(P(C)(=O)OCC)n2)Cc2cccc(P(C)(=O)OCC)n2)n1. The lowest BCUT2D eigenvalue weighted by Gasteiger charge is -2.23. The molecule has 3 aromatic heterocycles. The summed E-state index contributed by atoms with van der Waals surface area (Å²) in [5, 5.41) is 7.09. The minimum Gasteiger partial charge on any atom is -0.495 e. The van der Waals surface area contributed by atoms with Gasteiger partial charge < -0.3 is 43.5 Å². The van der Waals surface area contributed by atoms with Crippen LogP contribution in [-0.4, -0.2) is 126 Å². The molecule has 2 aromatic carbocycles. The molecule has 0 spiro atoms. The Hall–Kier alpha value is -5.34. The first kappa shape index (κ1) is 61.5. The number of ether oxygens (including phenoxy) is 2. The zero-order valence-corrected chi connectivity index (χ0v) is 49.4. The highest BCUT2D eigenvalue weighted by Gasteiger charge is 2.24. The molecule has 0 saturated heterocycles. The second-order valence-corrected chi connectivity index (χ2v) is 25.2. The van der Waals surface area contributed by atoms with Crippen molar-refractivity contribution in [2.75, 3.05) is 116 Å². The van der Waals surface area contributed by atoms with Gasteiger partial charge in [0.1, 0.15) is 27.8 Å². The molecule has 0 aliphatic carbocycles. The number of hydrogen-bond acceptors (Lipinski definition) is 16. The largest absolute Gasteiger partial charge is 0.495 e. The normalized spacial score (nSPS) is 13.6. The van der Waals surface area contributed by atoms with Crippen molar-refractivity contribution in [1.82, 2.24) is 30.5 Å². The van der Waals surface area contributed by atoms with Crippen molar-refractivity contribution in [3.63, 3.8) is 0 Å². The van der Waals surface area contributed by atoms with Crippen LogP contribution in [0.5, 0.6) is 11.5 Å². The van der Waals surface area contributed by atoms with E-state index < -0.39 is 22.1 Å². The molecule has 410 valence electrons.